The van der Waals surface area contributed by atoms with Crippen molar-refractivity contribution in [1.82, 2.24) is 0 Å². The molecule has 5 heterocycles. The Labute approximate surface area is 356 Å². The minimum Gasteiger partial charge on any atom is -0.456 e. The third-order valence-corrected chi connectivity index (χ3v) is 14.2. The van der Waals surface area contributed by atoms with E-state index in [9.17, 15) is 0 Å². The average Bonchev–Trinajstić information content (AvgIpc) is 3.88. The first-order valence-corrected chi connectivity index (χ1v) is 21.7. The second-order valence-electron chi connectivity index (χ2n) is 16.5. The molecule has 0 unspecified atom stereocenters. The smallest absolute Gasteiger partial charge is 0.255 e. The summed E-state index contributed by atoms with van der Waals surface area (Å²) in [5, 5.41) is 4.57. The molecule has 284 valence electrons. The molecule has 0 saturated heterocycles. The molecule has 11 aromatic rings. The van der Waals surface area contributed by atoms with Gasteiger partial charge in [0.1, 0.15) is 16.7 Å². The van der Waals surface area contributed by atoms with Gasteiger partial charge in [0.05, 0.1) is 5.69 Å². The summed E-state index contributed by atoms with van der Waals surface area (Å²) in [5.41, 5.74) is 20.2. The summed E-state index contributed by atoms with van der Waals surface area (Å²) in [6.07, 6.45) is 0. The molecule has 0 atom stereocenters. The van der Waals surface area contributed by atoms with Gasteiger partial charge in [-0.3, -0.25) is 0 Å². The van der Waals surface area contributed by atoms with Crippen LogP contribution in [0, 0.1) is 6.92 Å². The number of para-hydroxylation sites is 2. The molecule has 3 aliphatic rings. The number of anilines is 6. The van der Waals surface area contributed by atoms with E-state index >= 15 is 0 Å². The number of hydrogen-bond acceptors (Lipinski definition) is 5. The molecule has 0 bridgehead atoms. The van der Waals surface area contributed by atoms with Gasteiger partial charge in [0.2, 0.25) is 0 Å². The Kier molecular flexibility index (Phi) is 6.75. The molecule has 0 N–H and O–H groups in total. The lowest BCUT2D eigenvalue weighted by molar-refractivity contribution is 0.668. The van der Waals surface area contributed by atoms with E-state index in [1.165, 1.54) is 70.8 Å². The zero-order valence-electron chi connectivity index (χ0n) is 33.0. The summed E-state index contributed by atoms with van der Waals surface area (Å²) >= 11 is 1.89. The Morgan fingerprint density at radius 1 is 0.443 bits per heavy atom. The number of rotatable bonds is 4. The van der Waals surface area contributed by atoms with Crippen molar-refractivity contribution < 1.29 is 8.83 Å². The second-order valence-corrected chi connectivity index (χ2v) is 17.5. The molecule has 4 nitrogen and oxygen atoms in total. The Balaban J connectivity index is 1.14. The van der Waals surface area contributed by atoms with Crippen molar-refractivity contribution in [2.45, 2.75) is 16.7 Å². The highest BCUT2D eigenvalue weighted by molar-refractivity contribution is 8.00. The fourth-order valence-electron chi connectivity index (χ4n) is 10.5. The highest BCUT2D eigenvalue weighted by Crippen LogP contribution is 2.54. The number of benzene rings is 9. The molecule has 0 saturated carbocycles. The van der Waals surface area contributed by atoms with Crippen molar-refractivity contribution in [2.75, 3.05) is 9.80 Å². The van der Waals surface area contributed by atoms with Gasteiger partial charge in [0.25, 0.3) is 6.71 Å². The first kappa shape index (κ1) is 33.4. The fraction of sp³-hybridized carbons (Fsp3) is 0.0182. The van der Waals surface area contributed by atoms with Gasteiger partial charge in [0.15, 0.2) is 5.58 Å². The molecule has 0 spiro atoms. The third-order valence-electron chi connectivity index (χ3n) is 13.0. The van der Waals surface area contributed by atoms with Crippen LogP contribution in [0.1, 0.15) is 5.56 Å². The predicted molar refractivity (Wildman–Crippen MR) is 255 cm³/mol. The molecular weight excluding hydrogens is 763 g/mol. The lowest BCUT2D eigenvalue weighted by Gasteiger charge is -2.46. The molecule has 0 radical (unpaired) electrons. The van der Waals surface area contributed by atoms with Gasteiger partial charge >= 0.3 is 0 Å². The normalized spacial score (nSPS) is 13.5. The monoisotopic (exact) mass is 796 g/mol. The largest absolute Gasteiger partial charge is 0.456 e. The van der Waals surface area contributed by atoms with Gasteiger partial charge in [-0.15, -0.1) is 0 Å². The number of hydrogen-bond donors (Lipinski definition) is 0. The summed E-state index contributed by atoms with van der Waals surface area (Å²) in [4.78, 5) is 7.53. The van der Waals surface area contributed by atoms with Gasteiger partial charge in [0, 0.05) is 65.8 Å². The molecule has 0 aliphatic carbocycles. The van der Waals surface area contributed by atoms with E-state index in [0.717, 1.165) is 61.2 Å². The Bertz CT molecular complexity index is 3670. The maximum absolute atomic E-state index is 7.05. The van der Waals surface area contributed by atoms with Crippen LogP contribution >= 0.6 is 11.8 Å². The number of furan rings is 2. The molecule has 9 aromatic carbocycles. The number of aryl methyl sites for hydroxylation is 1. The van der Waals surface area contributed by atoms with Crippen molar-refractivity contribution in [3.8, 4) is 22.3 Å². The summed E-state index contributed by atoms with van der Waals surface area (Å²) in [5.74, 6) is 0. The minimum absolute atomic E-state index is 0.0559. The van der Waals surface area contributed by atoms with Crippen LogP contribution in [0.3, 0.4) is 0 Å². The summed E-state index contributed by atoms with van der Waals surface area (Å²) in [6, 6.07) is 65.9. The van der Waals surface area contributed by atoms with Crippen LogP contribution in [-0.2, 0) is 0 Å². The molecule has 0 amide bonds. The van der Waals surface area contributed by atoms with Crippen molar-refractivity contribution >= 4 is 113 Å². The standard InChI is InChI=1S/C55H33BN2O2S/c1-32-26-42-50-43(27-32)58(38-21-13-19-36(29-38)34-16-6-3-7-17-34)53-52-48(30-41-39-22-8-10-24-45(39)60-54(41)53)61-55-49-40-23-9-11-25-46(40)59-47(49)31-44(51(55)56(50)52)57(42)37-20-12-18-35(28-37)33-14-4-2-5-15-33/h2-31H,1H3. The van der Waals surface area contributed by atoms with Gasteiger partial charge < -0.3 is 18.6 Å². The maximum atomic E-state index is 7.05. The predicted octanol–water partition coefficient (Wildman–Crippen LogP) is 13.7. The Hall–Kier alpha value is -7.41. The second kappa shape index (κ2) is 12.3. The van der Waals surface area contributed by atoms with Crippen LogP contribution in [-0.4, -0.2) is 6.71 Å². The fourth-order valence-corrected chi connectivity index (χ4v) is 11.9. The van der Waals surface area contributed by atoms with Gasteiger partial charge in [-0.05, 0) is 106 Å². The Morgan fingerprint density at radius 2 is 1.02 bits per heavy atom. The molecule has 61 heavy (non-hydrogen) atoms. The molecule has 14 rings (SSSR count). The van der Waals surface area contributed by atoms with Crippen LogP contribution < -0.4 is 26.2 Å². The zero-order valence-corrected chi connectivity index (χ0v) is 33.8. The van der Waals surface area contributed by atoms with Crippen molar-refractivity contribution in [2.24, 2.45) is 0 Å². The van der Waals surface area contributed by atoms with E-state index in [1.807, 2.05) is 11.8 Å². The van der Waals surface area contributed by atoms with E-state index < -0.39 is 0 Å². The van der Waals surface area contributed by atoms with Crippen molar-refractivity contribution in [3.63, 3.8) is 0 Å². The van der Waals surface area contributed by atoms with Crippen LogP contribution in [0.4, 0.5) is 34.1 Å². The molecule has 6 heteroatoms. The summed E-state index contributed by atoms with van der Waals surface area (Å²) in [6.45, 7) is 2.18. The molecule has 2 aromatic heterocycles. The lowest BCUT2D eigenvalue weighted by Crippen LogP contribution is -2.63. The zero-order chi connectivity index (χ0) is 39.9. The topological polar surface area (TPSA) is 32.8 Å². The van der Waals surface area contributed by atoms with Crippen LogP contribution in [0.5, 0.6) is 0 Å². The van der Waals surface area contributed by atoms with Crippen molar-refractivity contribution in [1.29, 1.82) is 0 Å². The number of nitrogens with zero attached hydrogens (tertiary/aromatic N) is 2. The lowest BCUT2D eigenvalue weighted by atomic mass is 9.33. The SMILES string of the molecule is Cc1cc2c3c(c1)N(c1cccc(-c4ccccc4)c1)c1c4c(cc5c1oc1ccccc15)Sc1c(c(cc5oc6ccccc6c15)N2c1cccc(-c2ccccc2)c1)B34. The van der Waals surface area contributed by atoms with E-state index in [0.29, 0.717) is 0 Å². The maximum Gasteiger partial charge on any atom is 0.255 e. The van der Waals surface area contributed by atoms with Crippen molar-refractivity contribution in [3.05, 3.63) is 188 Å². The van der Waals surface area contributed by atoms with Gasteiger partial charge in [-0.25, -0.2) is 0 Å². The van der Waals surface area contributed by atoms with Crippen LogP contribution in [0.2, 0.25) is 0 Å². The Morgan fingerprint density at radius 3 is 1.72 bits per heavy atom. The average molecular weight is 797 g/mol. The van der Waals surface area contributed by atoms with Gasteiger partial charge in [-0.1, -0.05) is 133 Å². The molecule has 3 aliphatic heterocycles. The van der Waals surface area contributed by atoms with E-state index in [4.69, 9.17) is 8.83 Å². The summed E-state index contributed by atoms with van der Waals surface area (Å²) in [7, 11) is 0. The minimum atomic E-state index is -0.0559. The third kappa shape index (κ3) is 4.63. The van der Waals surface area contributed by atoms with E-state index in [2.05, 4.69) is 199 Å². The van der Waals surface area contributed by atoms with Gasteiger partial charge in [-0.2, -0.15) is 0 Å². The van der Waals surface area contributed by atoms with E-state index in [-0.39, 0.29) is 6.71 Å². The first-order chi connectivity index (χ1) is 30.2. The quantitative estimate of drug-likeness (QED) is 0.166. The van der Waals surface area contributed by atoms with Crippen LogP contribution in [0.15, 0.2) is 201 Å². The molecule has 0 fully saturated rings. The first-order valence-electron chi connectivity index (χ1n) is 20.9. The van der Waals surface area contributed by atoms with Crippen LogP contribution in [0.25, 0.3) is 66.1 Å². The molecular formula is C55H33BN2O2S. The highest BCUT2D eigenvalue weighted by Gasteiger charge is 2.50. The number of fused-ring (bicyclic) bond motifs is 8. The van der Waals surface area contributed by atoms with E-state index in [1.54, 1.807) is 0 Å². The highest BCUT2D eigenvalue weighted by atomic mass is 32.2. The summed E-state index contributed by atoms with van der Waals surface area (Å²) < 4.78 is 13.9.